The lowest BCUT2D eigenvalue weighted by molar-refractivity contribution is -0.131. The first-order chi connectivity index (χ1) is 15.1. The Bertz CT molecular complexity index is 1120. The number of H-pyrrole nitrogens is 1. The number of carboxylic acids is 1. The van der Waals surface area contributed by atoms with Gasteiger partial charge in [-0.1, -0.05) is 24.3 Å². The third-order valence-corrected chi connectivity index (χ3v) is 6.43. The average Bonchev–Trinajstić information content (AvgIpc) is 3.36. The second kappa shape index (κ2) is 8.21. The lowest BCUT2D eigenvalue weighted by Crippen LogP contribution is -2.49. The number of fused-ring (bicyclic) bond motifs is 4. The zero-order valence-electron chi connectivity index (χ0n) is 17.4. The number of likely N-dealkylation sites (tertiary alicyclic amines) is 1. The fourth-order valence-corrected chi connectivity index (χ4v) is 4.96. The summed E-state index contributed by atoms with van der Waals surface area (Å²) in [6, 6.07) is 16.1. The van der Waals surface area contributed by atoms with E-state index in [1.165, 1.54) is 22.7 Å². The van der Waals surface area contributed by atoms with Gasteiger partial charge in [0.25, 0.3) is 0 Å². The van der Waals surface area contributed by atoms with Crippen molar-refractivity contribution in [1.29, 1.82) is 0 Å². The number of ether oxygens (including phenoxy) is 1. The number of hydrogen-bond acceptors (Lipinski definition) is 4. The Labute approximate surface area is 181 Å². The molecule has 31 heavy (non-hydrogen) atoms. The van der Waals surface area contributed by atoms with Gasteiger partial charge in [-0.05, 0) is 54.3 Å². The van der Waals surface area contributed by atoms with Crippen molar-refractivity contribution in [3.63, 3.8) is 0 Å². The van der Waals surface area contributed by atoms with Crippen LogP contribution < -0.4 is 10.1 Å². The summed E-state index contributed by atoms with van der Waals surface area (Å²) in [7, 11) is 0. The van der Waals surface area contributed by atoms with E-state index < -0.39 is 5.97 Å². The average molecular weight is 418 g/mol. The van der Waals surface area contributed by atoms with Crippen molar-refractivity contribution in [3.05, 3.63) is 71.4 Å². The summed E-state index contributed by atoms with van der Waals surface area (Å²) < 4.78 is 5.90. The summed E-state index contributed by atoms with van der Waals surface area (Å²) in [5.74, 6) is -0.0144. The van der Waals surface area contributed by atoms with Crippen LogP contribution in [0.1, 0.15) is 23.2 Å². The van der Waals surface area contributed by atoms with Crippen LogP contribution in [0.25, 0.3) is 17.0 Å². The number of aliphatic carboxylic acids is 1. The van der Waals surface area contributed by atoms with E-state index in [0.29, 0.717) is 6.61 Å². The molecule has 1 spiro atoms. The van der Waals surface area contributed by atoms with Gasteiger partial charge in [0.1, 0.15) is 12.4 Å². The van der Waals surface area contributed by atoms with Crippen LogP contribution in [-0.2, 0) is 16.8 Å². The highest BCUT2D eigenvalue weighted by Gasteiger charge is 2.43. The van der Waals surface area contributed by atoms with Crippen molar-refractivity contribution >= 4 is 22.9 Å². The van der Waals surface area contributed by atoms with Crippen LogP contribution >= 0.6 is 0 Å². The molecular formula is C25H27N3O3. The molecule has 1 fully saturated rings. The summed E-state index contributed by atoms with van der Waals surface area (Å²) in [5.41, 5.74) is 4.62. The molecule has 0 amide bonds. The zero-order valence-corrected chi connectivity index (χ0v) is 17.4. The standard InChI is InChI=1S/C25H27N3O3/c29-23(30)9-7-18-6-8-22-21(16-18)20-10-12-26-25(24(20)27-22)11-13-28(17-25)14-15-31-19-4-2-1-3-5-19/h1-9,16,26-27H,10-15,17H2,(H,29,30)/b9-7+. The lowest BCUT2D eigenvalue weighted by Gasteiger charge is -2.35. The molecule has 2 aromatic carbocycles. The monoisotopic (exact) mass is 417 g/mol. The highest BCUT2D eigenvalue weighted by molar-refractivity contribution is 5.90. The number of hydrogen-bond donors (Lipinski definition) is 3. The molecule has 6 heteroatoms. The molecule has 1 aromatic heterocycles. The van der Waals surface area contributed by atoms with E-state index in [9.17, 15) is 4.79 Å². The van der Waals surface area contributed by atoms with Gasteiger partial charge < -0.3 is 20.1 Å². The van der Waals surface area contributed by atoms with Gasteiger partial charge in [0, 0.05) is 48.9 Å². The summed E-state index contributed by atoms with van der Waals surface area (Å²) >= 11 is 0. The van der Waals surface area contributed by atoms with Crippen LogP contribution in [0, 0.1) is 0 Å². The fourth-order valence-electron chi connectivity index (χ4n) is 4.96. The summed E-state index contributed by atoms with van der Waals surface area (Å²) in [6.45, 7) is 4.52. The minimum Gasteiger partial charge on any atom is -0.492 e. The van der Waals surface area contributed by atoms with E-state index in [-0.39, 0.29) is 5.54 Å². The highest BCUT2D eigenvalue weighted by Crippen LogP contribution is 2.39. The van der Waals surface area contributed by atoms with Crippen LogP contribution in [-0.4, -0.2) is 53.7 Å². The summed E-state index contributed by atoms with van der Waals surface area (Å²) in [5, 5.41) is 13.9. The Hall–Kier alpha value is -3.09. The van der Waals surface area contributed by atoms with Crippen LogP contribution in [0.4, 0.5) is 0 Å². The quantitative estimate of drug-likeness (QED) is 0.536. The maximum Gasteiger partial charge on any atom is 0.328 e. The third kappa shape index (κ3) is 3.96. The molecule has 3 aromatic rings. The van der Waals surface area contributed by atoms with Gasteiger partial charge in [0.2, 0.25) is 0 Å². The van der Waals surface area contributed by atoms with Crippen LogP contribution in [0.15, 0.2) is 54.6 Å². The first kappa shape index (κ1) is 19.8. The van der Waals surface area contributed by atoms with Crippen molar-refractivity contribution in [2.24, 2.45) is 0 Å². The van der Waals surface area contributed by atoms with E-state index in [1.807, 2.05) is 36.4 Å². The molecule has 1 unspecified atom stereocenters. The predicted octanol–water partition coefficient (Wildman–Crippen LogP) is 3.39. The zero-order chi connectivity index (χ0) is 21.3. The molecule has 0 radical (unpaired) electrons. The molecule has 0 saturated carbocycles. The number of aromatic amines is 1. The van der Waals surface area contributed by atoms with Gasteiger partial charge in [0.15, 0.2) is 0 Å². The number of benzene rings is 2. The minimum absolute atomic E-state index is 0.0591. The number of carbonyl (C=O) groups is 1. The van der Waals surface area contributed by atoms with Crippen molar-refractivity contribution in [1.82, 2.24) is 15.2 Å². The van der Waals surface area contributed by atoms with Crippen molar-refractivity contribution in [3.8, 4) is 5.75 Å². The molecule has 2 aliphatic rings. The van der Waals surface area contributed by atoms with Crippen LogP contribution in [0.2, 0.25) is 0 Å². The van der Waals surface area contributed by atoms with E-state index >= 15 is 0 Å². The largest absolute Gasteiger partial charge is 0.492 e. The Morgan fingerprint density at radius 1 is 1.23 bits per heavy atom. The Morgan fingerprint density at radius 2 is 2.10 bits per heavy atom. The van der Waals surface area contributed by atoms with Gasteiger partial charge in [-0.25, -0.2) is 4.79 Å². The molecule has 2 aliphatic heterocycles. The number of carboxylic acid groups (broad SMARTS) is 1. The van der Waals surface area contributed by atoms with Gasteiger partial charge in [-0.15, -0.1) is 0 Å². The molecule has 160 valence electrons. The molecule has 6 nitrogen and oxygen atoms in total. The van der Waals surface area contributed by atoms with Crippen molar-refractivity contribution in [2.45, 2.75) is 18.4 Å². The molecule has 0 bridgehead atoms. The smallest absolute Gasteiger partial charge is 0.328 e. The van der Waals surface area contributed by atoms with Gasteiger partial charge >= 0.3 is 5.97 Å². The molecule has 1 atom stereocenters. The van der Waals surface area contributed by atoms with Gasteiger partial charge in [0.05, 0.1) is 5.54 Å². The van der Waals surface area contributed by atoms with E-state index in [0.717, 1.165) is 55.9 Å². The SMILES string of the molecule is O=C(O)/C=C/c1ccc2[nH]c3c(c2c1)CCNC31CCN(CCOc2ccccc2)C1. The molecule has 1 saturated heterocycles. The Morgan fingerprint density at radius 3 is 2.94 bits per heavy atom. The Kier molecular flexibility index (Phi) is 5.26. The molecular weight excluding hydrogens is 390 g/mol. The van der Waals surface area contributed by atoms with Crippen molar-refractivity contribution in [2.75, 3.05) is 32.8 Å². The van der Waals surface area contributed by atoms with Crippen molar-refractivity contribution < 1.29 is 14.6 Å². The fraction of sp³-hybridized carbons (Fsp3) is 0.320. The lowest BCUT2D eigenvalue weighted by atomic mass is 9.86. The Balaban J connectivity index is 1.33. The molecule has 3 heterocycles. The topological polar surface area (TPSA) is 77.6 Å². The first-order valence-corrected chi connectivity index (χ1v) is 10.8. The highest BCUT2D eigenvalue weighted by atomic mass is 16.5. The normalized spacial score (nSPS) is 21.2. The molecule has 0 aliphatic carbocycles. The first-order valence-electron chi connectivity index (χ1n) is 10.8. The number of para-hydroxylation sites is 1. The number of aromatic nitrogens is 1. The molecule has 3 N–H and O–H groups in total. The molecule has 5 rings (SSSR count). The minimum atomic E-state index is -0.929. The second-order valence-electron chi connectivity index (χ2n) is 8.40. The summed E-state index contributed by atoms with van der Waals surface area (Å²) in [6.07, 6.45) is 4.88. The van der Waals surface area contributed by atoms with Gasteiger partial charge in [-0.2, -0.15) is 0 Å². The van der Waals surface area contributed by atoms with E-state index in [4.69, 9.17) is 9.84 Å². The number of nitrogens with zero attached hydrogens (tertiary/aromatic N) is 1. The number of nitrogens with one attached hydrogen (secondary N) is 2. The summed E-state index contributed by atoms with van der Waals surface area (Å²) in [4.78, 5) is 17.0. The third-order valence-electron chi connectivity index (χ3n) is 6.43. The number of rotatable bonds is 6. The van der Waals surface area contributed by atoms with Crippen LogP contribution in [0.3, 0.4) is 0 Å². The van der Waals surface area contributed by atoms with E-state index in [1.54, 1.807) is 6.08 Å². The second-order valence-corrected chi connectivity index (χ2v) is 8.40. The van der Waals surface area contributed by atoms with Gasteiger partial charge in [-0.3, -0.25) is 4.90 Å². The van der Waals surface area contributed by atoms with Crippen LogP contribution in [0.5, 0.6) is 5.75 Å². The predicted molar refractivity (Wildman–Crippen MR) is 121 cm³/mol. The maximum absolute atomic E-state index is 10.9. The van der Waals surface area contributed by atoms with E-state index in [2.05, 4.69) is 27.3 Å². The maximum atomic E-state index is 10.9.